The van der Waals surface area contributed by atoms with E-state index in [-0.39, 0.29) is 23.0 Å². The van der Waals surface area contributed by atoms with Gasteiger partial charge in [-0.15, -0.1) is 0 Å². The van der Waals surface area contributed by atoms with Crippen LogP contribution < -0.4 is 11.0 Å². The number of ether oxygens (including phenoxy) is 1. The van der Waals surface area contributed by atoms with Crippen molar-refractivity contribution in [3.05, 3.63) is 63.7 Å². The van der Waals surface area contributed by atoms with Crippen LogP contribution in [0.3, 0.4) is 0 Å². The second-order valence-electron chi connectivity index (χ2n) is 7.39. The summed E-state index contributed by atoms with van der Waals surface area (Å²) < 4.78 is 20.9. The van der Waals surface area contributed by atoms with Crippen molar-refractivity contribution in [1.29, 1.82) is 0 Å². The van der Waals surface area contributed by atoms with E-state index in [1.54, 1.807) is 25.3 Å². The minimum Gasteiger partial charge on any atom is -0.507 e. The average Bonchev–Trinajstić information content (AvgIpc) is 3.08. The molecular weight excluding hydrogens is 387 g/mol. The molecule has 30 heavy (non-hydrogen) atoms. The first kappa shape index (κ1) is 20.0. The van der Waals surface area contributed by atoms with Crippen molar-refractivity contribution < 1.29 is 14.2 Å². The van der Waals surface area contributed by atoms with Gasteiger partial charge in [-0.25, -0.2) is 14.8 Å². The van der Waals surface area contributed by atoms with Gasteiger partial charge in [-0.1, -0.05) is 19.1 Å². The zero-order valence-electron chi connectivity index (χ0n) is 16.9. The molecule has 0 spiro atoms. The molecule has 1 atom stereocenters. The van der Waals surface area contributed by atoms with E-state index in [2.05, 4.69) is 15.5 Å². The van der Waals surface area contributed by atoms with E-state index in [0.717, 1.165) is 0 Å². The number of phenols is 1. The number of aromatic nitrogens is 2. The number of aromatic hydroxyl groups is 1. The van der Waals surface area contributed by atoms with Crippen molar-refractivity contribution in [1.82, 2.24) is 9.55 Å². The van der Waals surface area contributed by atoms with E-state index < -0.39 is 0 Å². The lowest BCUT2D eigenvalue weighted by atomic mass is 10.0. The molecule has 0 saturated carbocycles. The van der Waals surface area contributed by atoms with E-state index >= 15 is 0 Å². The van der Waals surface area contributed by atoms with Crippen LogP contribution in [0.15, 0.2) is 46.3 Å². The first-order valence-corrected chi connectivity index (χ1v) is 9.84. The number of rotatable bonds is 6. The summed E-state index contributed by atoms with van der Waals surface area (Å²) >= 11 is 0. The molecule has 0 radical (unpaired) electrons. The predicted molar refractivity (Wildman–Crippen MR) is 114 cm³/mol. The maximum atomic E-state index is 14.3. The van der Waals surface area contributed by atoms with Gasteiger partial charge in [-0.3, -0.25) is 9.36 Å². The third-order valence-electron chi connectivity index (χ3n) is 5.33. The van der Waals surface area contributed by atoms with Crippen molar-refractivity contribution in [3.8, 4) is 5.75 Å². The van der Waals surface area contributed by atoms with Crippen LogP contribution in [-0.4, -0.2) is 34.1 Å². The average molecular weight is 410 g/mol. The quantitative estimate of drug-likeness (QED) is 0.479. The number of hydrogen-bond donors (Lipinski definition) is 2. The number of hydrazone groups is 1. The number of methoxy groups -OCH3 is 1. The Bertz CT molecular complexity index is 1190. The molecule has 2 aromatic carbocycles. The molecule has 1 heterocycles. The highest BCUT2D eigenvalue weighted by atomic mass is 19.1. The van der Waals surface area contributed by atoms with Crippen molar-refractivity contribution >= 4 is 22.6 Å². The summed E-state index contributed by atoms with van der Waals surface area (Å²) in [6, 6.07) is 9.71. The van der Waals surface area contributed by atoms with Gasteiger partial charge in [0.1, 0.15) is 11.6 Å². The van der Waals surface area contributed by atoms with Gasteiger partial charge in [-0.05, 0) is 43.0 Å². The number of benzene rings is 2. The van der Waals surface area contributed by atoms with Gasteiger partial charge in [0.05, 0.1) is 16.6 Å². The molecule has 1 aliphatic rings. The molecule has 0 amide bonds. The molecule has 156 valence electrons. The molecule has 0 unspecified atom stereocenters. The summed E-state index contributed by atoms with van der Waals surface area (Å²) in [6.45, 7) is 2.80. The summed E-state index contributed by atoms with van der Waals surface area (Å²) in [5.74, 6) is -0.193. The number of phenolic OH excluding ortho intramolecular Hbond substituents is 1. The first-order chi connectivity index (χ1) is 14.5. The maximum Gasteiger partial charge on any atom is 0.262 e. The zero-order chi connectivity index (χ0) is 21.3. The Balaban J connectivity index is 1.75. The maximum absolute atomic E-state index is 14.3. The number of halogens is 1. The van der Waals surface area contributed by atoms with Crippen LogP contribution in [0.4, 0.5) is 10.3 Å². The SMILES string of the molecule is COCCCn1c(N/N=C2\C[C@@H](C)c3c(F)ccc(O)c32)nc2ccccc2c1=O. The van der Waals surface area contributed by atoms with Crippen molar-refractivity contribution in [3.63, 3.8) is 0 Å². The minimum absolute atomic E-state index is 0.0137. The van der Waals surface area contributed by atoms with Crippen LogP contribution in [0.2, 0.25) is 0 Å². The minimum atomic E-state index is -0.360. The fourth-order valence-electron chi connectivity index (χ4n) is 3.91. The lowest BCUT2D eigenvalue weighted by Crippen LogP contribution is -2.25. The second kappa shape index (κ2) is 8.23. The molecule has 2 N–H and O–H groups in total. The summed E-state index contributed by atoms with van der Waals surface area (Å²) in [4.78, 5) is 17.6. The largest absolute Gasteiger partial charge is 0.507 e. The van der Waals surface area contributed by atoms with Gasteiger partial charge in [0.2, 0.25) is 5.95 Å². The molecule has 0 bridgehead atoms. The Kier molecular flexibility index (Phi) is 5.50. The van der Waals surface area contributed by atoms with Gasteiger partial charge in [-0.2, -0.15) is 5.10 Å². The van der Waals surface area contributed by atoms with Gasteiger partial charge < -0.3 is 9.84 Å². The Morgan fingerprint density at radius 2 is 2.13 bits per heavy atom. The van der Waals surface area contributed by atoms with Crippen LogP contribution in [0.5, 0.6) is 5.75 Å². The normalized spacial score (nSPS) is 16.9. The van der Waals surface area contributed by atoms with Crippen molar-refractivity contribution in [2.24, 2.45) is 5.10 Å². The summed E-state index contributed by atoms with van der Waals surface area (Å²) in [5, 5.41) is 15.2. The van der Waals surface area contributed by atoms with E-state index in [4.69, 9.17) is 4.74 Å². The fourth-order valence-corrected chi connectivity index (χ4v) is 3.91. The van der Waals surface area contributed by atoms with Crippen molar-refractivity contribution in [2.45, 2.75) is 32.2 Å². The lowest BCUT2D eigenvalue weighted by molar-refractivity contribution is 0.190. The molecular formula is C22H23FN4O3. The standard InChI is InChI=1S/C22H23FN4O3/c1-13-12-17(20-18(28)9-8-15(23)19(13)20)25-26-22-24-16-7-4-3-6-14(16)21(29)27(22)10-5-11-30-2/h3-4,6-9,13,28H,5,10-12H2,1-2H3,(H,24,26)/b25-17+/t13-/m1/s1. The summed E-state index contributed by atoms with van der Waals surface area (Å²) in [7, 11) is 1.61. The van der Waals surface area contributed by atoms with E-state index in [1.807, 2.05) is 13.0 Å². The predicted octanol–water partition coefficient (Wildman–Crippen LogP) is 3.60. The fraction of sp³-hybridized carbons (Fsp3) is 0.318. The highest BCUT2D eigenvalue weighted by Crippen LogP contribution is 2.39. The molecule has 1 aliphatic carbocycles. The Labute approximate surface area is 172 Å². The topological polar surface area (TPSA) is 88.7 Å². The third-order valence-corrected chi connectivity index (χ3v) is 5.33. The number of nitrogens with zero attached hydrogens (tertiary/aromatic N) is 3. The van der Waals surface area contributed by atoms with Gasteiger partial charge in [0, 0.05) is 31.4 Å². The van der Waals surface area contributed by atoms with E-state index in [0.29, 0.717) is 59.7 Å². The smallest absolute Gasteiger partial charge is 0.262 e. The second-order valence-corrected chi connectivity index (χ2v) is 7.39. The Morgan fingerprint density at radius 1 is 1.33 bits per heavy atom. The Hall–Kier alpha value is -3.26. The number of para-hydroxylation sites is 1. The zero-order valence-corrected chi connectivity index (χ0v) is 16.9. The molecule has 0 saturated heterocycles. The molecule has 1 aromatic heterocycles. The molecule has 4 rings (SSSR count). The first-order valence-electron chi connectivity index (χ1n) is 9.84. The van der Waals surface area contributed by atoms with E-state index in [1.165, 1.54) is 16.7 Å². The highest BCUT2D eigenvalue weighted by molar-refractivity contribution is 6.07. The van der Waals surface area contributed by atoms with Gasteiger partial charge in [0.25, 0.3) is 5.56 Å². The van der Waals surface area contributed by atoms with Crippen LogP contribution in [0, 0.1) is 5.82 Å². The van der Waals surface area contributed by atoms with Crippen molar-refractivity contribution in [2.75, 3.05) is 19.1 Å². The van der Waals surface area contributed by atoms with Crippen LogP contribution in [0.1, 0.15) is 36.8 Å². The number of anilines is 1. The highest BCUT2D eigenvalue weighted by Gasteiger charge is 2.30. The third kappa shape index (κ3) is 3.54. The van der Waals surface area contributed by atoms with Crippen LogP contribution in [-0.2, 0) is 11.3 Å². The molecule has 0 aliphatic heterocycles. The van der Waals surface area contributed by atoms with Crippen LogP contribution >= 0.6 is 0 Å². The van der Waals surface area contributed by atoms with E-state index in [9.17, 15) is 14.3 Å². The molecule has 3 aromatic rings. The van der Waals surface area contributed by atoms with Crippen LogP contribution in [0.25, 0.3) is 10.9 Å². The monoisotopic (exact) mass is 410 g/mol. The van der Waals surface area contributed by atoms with Gasteiger partial charge in [0.15, 0.2) is 0 Å². The molecule has 0 fully saturated rings. The number of nitrogens with one attached hydrogen (secondary N) is 1. The van der Waals surface area contributed by atoms with Gasteiger partial charge >= 0.3 is 0 Å². The Morgan fingerprint density at radius 3 is 2.93 bits per heavy atom. The summed E-state index contributed by atoms with van der Waals surface area (Å²) in [6.07, 6.45) is 1.10. The molecule has 8 heteroatoms. The summed E-state index contributed by atoms with van der Waals surface area (Å²) in [5.41, 5.74) is 4.67. The lowest BCUT2D eigenvalue weighted by Gasteiger charge is -2.13. The number of fused-ring (bicyclic) bond motifs is 2. The molecule has 7 nitrogen and oxygen atoms in total. The number of hydrogen-bond acceptors (Lipinski definition) is 6.